The van der Waals surface area contributed by atoms with Crippen LogP contribution in [-0.2, 0) is 17.8 Å². The van der Waals surface area contributed by atoms with Crippen LogP contribution in [0.2, 0.25) is 0 Å². The summed E-state index contributed by atoms with van der Waals surface area (Å²) >= 11 is 0. The summed E-state index contributed by atoms with van der Waals surface area (Å²) in [6.07, 6.45) is 4.04. The summed E-state index contributed by atoms with van der Waals surface area (Å²) in [5, 5.41) is 18.5. The molecule has 0 spiro atoms. The zero-order valence-electron chi connectivity index (χ0n) is 25.5. The van der Waals surface area contributed by atoms with Gasteiger partial charge in [-0.25, -0.2) is 9.37 Å². The molecule has 2 saturated heterocycles. The number of aromatic nitrogens is 1. The van der Waals surface area contributed by atoms with Crippen molar-refractivity contribution < 1.29 is 13.9 Å². The zero-order valence-corrected chi connectivity index (χ0v) is 25.5. The molecule has 0 saturated carbocycles. The molecule has 1 aromatic heterocycles. The SMILES string of the molecule is C=C(F)C(=O)N1[C@H](C)CN(c2c(C#N)c(OC[C@@H]3CCCN3C)nc3c2CCN(c2c(C)ccc(N)c2C=N)C3)C[C@@H]1C. The first-order valence-electron chi connectivity index (χ1n) is 14.9. The molecule has 1 amide bonds. The summed E-state index contributed by atoms with van der Waals surface area (Å²) in [5.74, 6) is -1.36. The van der Waals surface area contributed by atoms with Gasteiger partial charge in [0.05, 0.1) is 23.6 Å². The molecule has 2 aromatic rings. The molecule has 2 fully saturated rings. The maximum absolute atomic E-state index is 13.9. The van der Waals surface area contributed by atoms with Crippen LogP contribution >= 0.6 is 0 Å². The van der Waals surface area contributed by atoms with E-state index in [1.807, 2.05) is 32.9 Å². The number of benzene rings is 1. The highest BCUT2D eigenvalue weighted by molar-refractivity contribution is 5.94. The summed E-state index contributed by atoms with van der Waals surface area (Å²) < 4.78 is 20.2. The van der Waals surface area contributed by atoms with Crippen molar-refractivity contribution in [1.29, 1.82) is 10.7 Å². The minimum atomic E-state index is -0.972. The number of rotatable bonds is 7. The van der Waals surface area contributed by atoms with Crippen molar-refractivity contribution in [3.8, 4) is 11.9 Å². The van der Waals surface area contributed by atoms with Gasteiger partial charge in [-0.1, -0.05) is 12.6 Å². The molecule has 5 rings (SSSR count). The Labute approximate surface area is 253 Å². The molecule has 0 bridgehead atoms. The first-order valence-corrected chi connectivity index (χ1v) is 14.9. The second kappa shape index (κ2) is 12.2. The number of halogens is 1. The van der Waals surface area contributed by atoms with Crippen LogP contribution in [0.1, 0.15) is 54.6 Å². The molecule has 10 nitrogen and oxygen atoms in total. The number of likely N-dealkylation sites (tertiary alicyclic amines) is 1. The molecule has 228 valence electrons. The second-order valence-corrected chi connectivity index (χ2v) is 12.0. The molecule has 0 aliphatic carbocycles. The van der Waals surface area contributed by atoms with Gasteiger partial charge in [-0.15, -0.1) is 0 Å². The number of amides is 1. The predicted molar refractivity (Wildman–Crippen MR) is 167 cm³/mol. The number of likely N-dealkylation sites (N-methyl/N-ethyl adjacent to an activating group) is 1. The third kappa shape index (κ3) is 5.64. The van der Waals surface area contributed by atoms with Crippen LogP contribution in [0.3, 0.4) is 0 Å². The number of carbonyl (C=O) groups excluding carboxylic acids is 1. The summed E-state index contributed by atoms with van der Waals surface area (Å²) in [4.78, 5) is 25.7. The number of nitrogens with zero attached hydrogens (tertiary/aromatic N) is 6. The lowest BCUT2D eigenvalue weighted by molar-refractivity contribution is -0.133. The number of anilines is 3. The minimum Gasteiger partial charge on any atom is -0.475 e. The van der Waals surface area contributed by atoms with E-state index in [0.29, 0.717) is 61.9 Å². The van der Waals surface area contributed by atoms with Crippen molar-refractivity contribution in [2.45, 2.75) is 64.7 Å². The summed E-state index contributed by atoms with van der Waals surface area (Å²) in [5.41, 5.74) is 12.4. The fourth-order valence-corrected chi connectivity index (χ4v) is 6.99. The molecule has 0 radical (unpaired) electrons. The molecular weight excluding hydrogens is 547 g/mol. The third-order valence-corrected chi connectivity index (χ3v) is 9.10. The van der Waals surface area contributed by atoms with Gasteiger partial charge in [0.15, 0.2) is 5.83 Å². The standard InChI is InChI=1S/C32H41FN8O2/c1-19-8-9-27(36)25(13-34)29(19)39-12-10-24-28(17-39)37-31(43-18-23-7-6-11-38(23)5)26(14-35)30(24)40-15-20(2)41(21(3)16-40)32(42)22(4)33/h8-9,13,20-21,23,34H,4,6-7,10-12,15-18,36H2,1-3,5H3/t20-,21+,23-/m0/s1. The Morgan fingerprint density at radius 1 is 1.26 bits per heavy atom. The maximum atomic E-state index is 13.9. The van der Waals surface area contributed by atoms with Gasteiger partial charge in [0.2, 0.25) is 5.88 Å². The highest BCUT2D eigenvalue weighted by Gasteiger charge is 2.38. The predicted octanol–water partition coefficient (Wildman–Crippen LogP) is 3.79. The molecule has 3 N–H and O–H groups in total. The van der Waals surface area contributed by atoms with Gasteiger partial charge in [0, 0.05) is 60.8 Å². The molecule has 43 heavy (non-hydrogen) atoms. The van der Waals surface area contributed by atoms with E-state index in [4.69, 9.17) is 20.9 Å². The van der Waals surface area contributed by atoms with Gasteiger partial charge in [-0.2, -0.15) is 5.26 Å². The number of nitrogen functional groups attached to an aromatic ring is 1. The van der Waals surface area contributed by atoms with Crippen LogP contribution < -0.4 is 20.3 Å². The summed E-state index contributed by atoms with van der Waals surface area (Å²) in [6.45, 7) is 12.4. The van der Waals surface area contributed by atoms with Crippen molar-refractivity contribution in [2.75, 3.05) is 55.4 Å². The van der Waals surface area contributed by atoms with E-state index in [1.54, 1.807) is 0 Å². The van der Waals surface area contributed by atoms with Gasteiger partial charge in [-0.05, 0) is 65.3 Å². The minimum absolute atomic E-state index is 0.248. The van der Waals surface area contributed by atoms with Crippen molar-refractivity contribution in [2.24, 2.45) is 0 Å². The van der Waals surface area contributed by atoms with Crippen LogP contribution in [0.5, 0.6) is 5.88 Å². The topological polar surface area (TPSA) is 126 Å². The normalized spacial score (nSPS) is 22.2. The van der Waals surface area contributed by atoms with Gasteiger partial charge >= 0.3 is 0 Å². The Morgan fingerprint density at radius 3 is 2.58 bits per heavy atom. The monoisotopic (exact) mass is 588 g/mol. The Hall–Kier alpha value is -4.17. The van der Waals surface area contributed by atoms with E-state index in [9.17, 15) is 14.4 Å². The van der Waals surface area contributed by atoms with Crippen LogP contribution in [0.15, 0.2) is 24.5 Å². The maximum Gasteiger partial charge on any atom is 0.282 e. The Kier molecular flexibility index (Phi) is 8.60. The van der Waals surface area contributed by atoms with E-state index in [-0.39, 0.29) is 18.1 Å². The van der Waals surface area contributed by atoms with Crippen LogP contribution in [0, 0.1) is 23.7 Å². The van der Waals surface area contributed by atoms with Crippen molar-refractivity contribution in [3.05, 3.63) is 52.5 Å². The molecule has 3 aliphatic rings. The van der Waals surface area contributed by atoms with Crippen LogP contribution in [0.25, 0.3) is 0 Å². The van der Waals surface area contributed by atoms with Gasteiger partial charge in [0.1, 0.15) is 18.2 Å². The zero-order chi connectivity index (χ0) is 31.0. The highest BCUT2D eigenvalue weighted by Crippen LogP contribution is 2.40. The molecular formula is C32H41FN8O2. The number of pyridine rings is 1. The number of nitrogens with one attached hydrogen (secondary N) is 1. The fourth-order valence-electron chi connectivity index (χ4n) is 6.99. The van der Waals surface area contributed by atoms with E-state index in [0.717, 1.165) is 47.6 Å². The van der Waals surface area contributed by atoms with Crippen LogP contribution in [0.4, 0.5) is 21.5 Å². The Balaban J connectivity index is 1.57. The smallest absolute Gasteiger partial charge is 0.282 e. The fraction of sp³-hybridized carbons (Fsp3) is 0.500. The molecule has 3 atom stereocenters. The van der Waals surface area contributed by atoms with Crippen molar-refractivity contribution in [1.82, 2.24) is 14.8 Å². The number of ether oxygens (including phenoxy) is 1. The molecule has 3 aliphatic heterocycles. The lowest BCUT2D eigenvalue weighted by Crippen LogP contribution is -2.59. The molecule has 4 heterocycles. The number of carbonyl (C=O) groups is 1. The molecule has 11 heteroatoms. The van der Waals surface area contributed by atoms with Gasteiger partial charge in [-0.3, -0.25) is 4.79 Å². The number of hydrogen-bond acceptors (Lipinski definition) is 9. The van der Waals surface area contributed by atoms with Gasteiger partial charge < -0.3 is 35.5 Å². The largest absolute Gasteiger partial charge is 0.475 e. The number of aryl methyl sites for hydroxylation is 1. The number of nitriles is 1. The van der Waals surface area contributed by atoms with Crippen LogP contribution in [-0.4, -0.2) is 84.9 Å². The van der Waals surface area contributed by atoms with E-state index < -0.39 is 11.7 Å². The number of hydrogen-bond donors (Lipinski definition) is 2. The molecule has 1 aromatic carbocycles. The number of fused-ring (bicyclic) bond motifs is 1. The van der Waals surface area contributed by atoms with Crippen molar-refractivity contribution in [3.63, 3.8) is 0 Å². The lowest BCUT2D eigenvalue weighted by atomic mass is 9.95. The van der Waals surface area contributed by atoms with Gasteiger partial charge in [0.25, 0.3) is 5.91 Å². The summed E-state index contributed by atoms with van der Waals surface area (Å²) in [7, 11) is 2.08. The highest BCUT2D eigenvalue weighted by atomic mass is 19.1. The Morgan fingerprint density at radius 2 is 1.98 bits per heavy atom. The quantitative estimate of drug-likeness (QED) is 0.284. The average Bonchev–Trinajstić information content (AvgIpc) is 3.39. The van der Waals surface area contributed by atoms with E-state index in [2.05, 4.69) is 34.4 Å². The van der Waals surface area contributed by atoms with E-state index >= 15 is 0 Å². The third-order valence-electron chi connectivity index (χ3n) is 9.10. The Bertz CT molecular complexity index is 1470. The number of nitrogens with two attached hydrogens (primary N) is 1. The summed E-state index contributed by atoms with van der Waals surface area (Å²) in [6, 6.07) is 5.83. The first-order chi connectivity index (χ1) is 20.5. The second-order valence-electron chi connectivity index (χ2n) is 12.0. The van der Waals surface area contributed by atoms with Crippen molar-refractivity contribution >= 4 is 29.2 Å². The average molecular weight is 589 g/mol. The first kappa shape index (κ1) is 30.3. The lowest BCUT2D eigenvalue weighted by Gasteiger charge is -2.46. The number of piperazine rings is 1. The molecule has 0 unspecified atom stereocenters. The van der Waals surface area contributed by atoms with E-state index in [1.165, 1.54) is 11.1 Å².